The van der Waals surface area contributed by atoms with E-state index in [9.17, 15) is 0 Å². The van der Waals surface area contributed by atoms with Crippen molar-refractivity contribution in [3.63, 3.8) is 0 Å². The van der Waals surface area contributed by atoms with E-state index in [4.69, 9.17) is 32.9 Å². The summed E-state index contributed by atoms with van der Waals surface area (Å²) < 4.78 is 5.24. The molecule has 2 fully saturated rings. The fraction of sp³-hybridized carbons (Fsp3) is 0.650. The van der Waals surface area contributed by atoms with Crippen LogP contribution in [0.1, 0.15) is 64.2 Å². The fourth-order valence-electron chi connectivity index (χ4n) is 3.90. The van der Waals surface area contributed by atoms with Gasteiger partial charge in [0.15, 0.2) is 11.7 Å². The predicted molar refractivity (Wildman–Crippen MR) is 111 cm³/mol. The average molecular weight is 398 g/mol. The molecule has 2 aliphatic rings. The topological polar surface area (TPSA) is 45.6 Å². The van der Waals surface area contributed by atoms with E-state index in [2.05, 4.69) is 10.6 Å². The zero-order valence-corrected chi connectivity index (χ0v) is 17.0. The van der Waals surface area contributed by atoms with Gasteiger partial charge in [-0.25, -0.2) is 4.99 Å². The van der Waals surface area contributed by atoms with Gasteiger partial charge in [0.05, 0.1) is 23.2 Å². The molecule has 6 heteroatoms. The van der Waals surface area contributed by atoms with Crippen LogP contribution < -0.4 is 15.4 Å². The Bertz CT molecular complexity index is 600. The number of anilines is 1. The minimum absolute atomic E-state index is 0.395. The molecule has 1 aromatic rings. The number of ether oxygens (including phenoxy) is 1. The molecule has 0 spiro atoms. The number of guanidine groups is 1. The number of benzene rings is 1. The summed E-state index contributed by atoms with van der Waals surface area (Å²) >= 11 is 12.6. The van der Waals surface area contributed by atoms with Gasteiger partial charge in [-0.2, -0.15) is 0 Å². The number of aliphatic imine (C=N–C) groups is 1. The Kier molecular flexibility index (Phi) is 7.32. The molecule has 0 aliphatic heterocycles. The molecule has 0 unspecified atom stereocenters. The van der Waals surface area contributed by atoms with Gasteiger partial charge in [-0.15, -0.1) is 0 Å². The summed E-state index contributed by atoms with van der Waals surface area (Å²) in [6, 6.07) is 4.56. The van der Waals surface area contributed by atoms with Crippen LogP contribution in [0.4, 0.5) is 5.69 Å². The Balaban J connectivity index is 1.76. The smallest absolute Gasteiger partial charge is 0.196 e. The highest BCUT2D eigenvalue weighted by Gasteiger charge is 2.18. The second-order valence-electron chi connectivity index (χ2n) is 7.35. The van der Waals surface area contributed by atoms with E-state index < -0.39 is 0 Å². The lowest BCUT2D eigenvalue weighted by Crippen LogP contribution is -2.41. The zero-order valence-electron chi connectivity index (χ0n) is 15.5. The highest BCUT2D eigenvalue weighted by Crippen LogP contribution is 2.35. The van der Waals surface area contributed by atoms with E-state index in [0.29, 0.717) is 27.9 Å². The molecule has 2 saturated carbocycles. The summed E-state index contributed by atoms with van der Waals surface area (Å²) in [5.74, 6) is 1.35. The van der Waals surface area contributed by atoms with Crippen LogP contribution in [-0.4, -0.2) is 25.2 Å². The molecule has 0 amide bonds. The predicted octanol–water partition coefficient (Wildman–Crippen LogP) is 6.02. The minimum Gasteiger partial charge on any atom is -0.494 e. The monoisotopic (exact) mass is 397 g/mol. The van der Waals surface area contributed by atoms with Gasteiger partial charge in [-0.1, -0.05) is 61.7 Å². The summed E-state index contributed by atoms with van der Waals surface area (Å²) in [6.07, 6.45) is 12.5. The largest absolute Gasteiger partial charge is 0.494 e. The first-order chi connectivity index (χ1) is 12.7. The summed E-state index contributed by atoms with van der Waals surface area (Å²) in [6.45, 7) is 0. The van der Waals surface area contributed by atoms with Gasteiger partial charge in [0.1, 0.15) is 0 Å². The molecule has 144 valence electrons. The minimum atomic E-state index is 0.395. The summed E-state index contributed by atoms with van der Waals surface area (Å²) in [5, 5.41) is 8.06. The number of nitrogens with zero attached hydrogens (tertiary/aromatic N) is 1. The quantitative estimate of drug-likeness (QED) is 0.481. The van der Waals surface area contributed by atoms with Gasteiger partial charge in [-0.3, -0.25) is 0 Å². The van der Waals surface area contributed by atoms with Gasteiger partial charge >= 0.3 is 0 Å². The summed E-state index contributed by atoms with van der Waals surface area (Å²) in [7, 11) is 1.57. The van der Waals surface area contributed by atoms with E-state index in [1.165, 1.54) is 64.2 Å². The van der Waals surface area contributed by atoms with Crippen LogP contribution in [0.5, 0.6) is 5.75 Å². The Hall–Kier alpha value is -1.13. The average Bonchev–Trinajstić information content (AvgIpc) is 2.63. The molecule has 0 saturated heterocycles. The first-order valence-corrected chi connectivity index (χ1v) is 10.6. The van der Waals surface area contributed by atoms with Crippen molar-refractivity contribution in [3.05, 3.63) is 22.2 Å². The maximum Gasteiger partial charge on any atom is 0.196 e. The normalized spacial score (nSPS) is 20.0. The molecule has 2 N–H and O–H groups in total. The van der Waals surface area contributed by atoms with E-state index in [0.717, 1.165) is 11.6 Å². The summed E-state index contributed by atoms with van der Waals surface area (Å²) in [4.78, 5) is 5.00. The Morgan fingerprint density at radius 1 is 0.962 bits per heavy atom. The molecule has 0 atom stereocenters. The van der Waals surface area contributed by atoms with Crippen molar-refractivity contribution in [1.29, 1.82) is 0 Å². The zero-order chi connectivity index (χ0) is 18.4. The molecule has 0 bridgehead atoms. The standard InChI is InChI=1S/C20H29Cl2N3O/c1-26-19-17(21)12-16(13-18(19)22)25-20(23-14-8-4-2-5-9-14)24-15-10-6-3-7-11-15/h12-15H,2-11H2,1H3,(H2,23,24,25). The van der Waals surface area contributed by atoms with Crippen LogP contribution in [0.25, 0.3) is 0 Å². The molecule has 3 rings (SSSR count). The number of hydrogen-bond acceptors (Lipinski definition) is 2. The van der Waals surface area contributed by atoms with Crippen LogP contribution in [0.3, 0.4) is 0 Å². The lowest BCUT2D eigenvalue weighted by molar-refractivity contribution is 0.408. The number of nitrogens with one attached hydrogen (secondary N) is 2. The second kappa shape index (κ2) is 9.70. The van der Waals surface area contributed by atoms with Crippen LogP contribution in [0, 0.1) is 0 Å². The highest BCUT2D eigenvalue weighted by molar-refractivity contribution is 6.37. The van der Waals surface area contributed by atoms with Crippen molar-refractivity contribution in [1.82, 2.24) is 5.32 Å². The summed E-state index contributed by atoms with van der Waals surface area (Å²) in [5.41, 5.74) is 0.832. The number of hydrogen-bond donors (Lipinski definition) is 2. The Labute approximate surface area is 166 Å². The van der Waals surface area contributed by atoms with Crippen molar-refractivity contribution in [2.45, 2.75) is 76.3 Å². The first-order valence-electron chi connectivity index (χ1n) is 9.80. The van der Waals surface area contributed by atoms with Gasteiger partial charge in [0.2, 0.25) is 0 Å². The van der Waals surface area contributed by atoms with Crippen LogP contribution in [0.2, 0.25) is 10.0 Å². The van der Waals surface area contributed by atoms with Crippen molar-refractivity contribution < 1.29 is 4.74 Å². The van der Waals surface area contributed by atoms with Crippen LogP contribution in [-0.2, 0) is 0 Å². The van der Waals surface area contributed by atoms with Gasteiger partial charge < -0.3 is 15.4 Å². The SMILES string of the molecule is COc1c(Cl)cc(NC(=NC2CCCCC2)NC2CCCCC2)cc1Cl. The Morgan fingerprint density at radius 2 is 1.54 bits per heavy atom. The molecule has 4 nitrogen and oxygen atoms in total. The van der Waals surface area contributed by atoms with E-state index in [1.807, 2.05) is 12.1 Å². The third-order valence-corrected chi connectivity index (χ3v) is 5.86. The van der Waals surface area contributed by atoms with Crippen molar-refractivity contribution >= 4 is 34.8 Å². The lowest BCUT2D eigenvalue weighted by Gasteiger charge is -2.27. The fourth-order valence-corrected chi connectivity index (χ4v) is 4.54. The second-order valence-corrected chi connectivity index (χ2v) is 8.16. The Morgan fingerprint density at radius 3 is 2.12 bits per heavy atom. The number of rotatable bonds is 4. The maximum absolute atomic E-state index is 6.29. The van der Waals surface area contributed by atoms with Crippen molar-refractivity contribution in [2.24, 2.45) is 4.99 Å². The van der Waals surface area contributed by atoms with Gasteiger partial charge in [0, 0.05) is 11.7 Å². The van der Waals surface area contributed by atoms with Crippen LogP contribution in [0.15, 0.2) is 17.1 Å². The first kappa shape index (κ1) is 19.6. The number of halogens is 2. The molecule has 26 heavy (non-hydrogen) atoms. The van der Waals surface area contributed by atoms with Crippen molar-refractivity contribution in [3.8, 4) is 5.75 Å². The van der Waals surface area contributed by atoms with E-state index >= 15 is 0 Å². The van der Waals surface area contributed by atoms with E-state index in [1.54, 1.807) is 7.11 Å². The maximum atomic E-state index is 6.29. The lowest BCUT2D eigenvalue weighted by atomic mass is 9.95. The molecular formula is C20H29Cl2N3O. The van der Waals surface area contributed by atoms with E-state index in [-0.39, 0.29) is 0 Å². The highest BCUT2D eigenvalue weighted by atomic mass is 35.5. The van der Waals surface area contributed by atoms with Gasteiger partial charge in [0.25, 0.3) is 0 Å². The molecule has 0 radical (unpaired) electrons. The molecule has 0 aromatic heterocycles. The van der Waals surface area contributed by atoms with Gasteiger partial charge in [-0.05, 0) is 37.8 Å². The molecule has 0 heterocycles. The molecule has 1 aromatic carbocycles. The molecular weight excluding hydrogens is 369 g/mol. The third-order valence-electron chi connectivity index (χ3n) is 5.30. The third kappa shape index (κ3) is 5.43. The van der Waals surface area contributed by atoms with Crippen molar-refractivity contribution in [2.75, 3.05) is 12.4 Å². The number of methoxy groups -OCH3 is 1. The van der Waals surface area contributed by atoms with Crippen LogP contribution >= 0.6 is 23.2 Å². The molecule has 2 aliphatic carbocycles.